The van der Waals surface area contributed by atoms with Crippen LogP contribution in [0.2, 0.25) is 0 Å². The highest BCUT2D eigenvalue weighted by Crippen LogP contribution is 2.23. The van der Waals surface area contributed by atoms with Crippen LogP contribution in [0.3, 0.4) is 0 Å². The first-order chi connectivity index (χ1) is 8.61. The molecule has 0 atom stereocenters. The number of carboxylic acid groups (broad SMARTS) is 1. The van der Waals surface area contributed by atoms with E-state index in [0.717, 1.165) is 0 Å². The molecule has 0 unspecified atom stereocenters. The third kappa shape index (κ3) is 2.29. The Bertz CT molecular complexity index is 599. The molecule has 0 amide bonds. The highest BCUT2D eigenvalue weighted by Gasteiger charge is 2.13. The number of benzene rings is 1. The highest BCUT2D eigenvalue weighted by atomic mass is 19.1. The van der Waals surface area contributed by atoms with Crippen LogP contribution >= 0.6 is 0 Å². The van der Waals surface area contributed by atoms with Gasteiger partial charge in [-0.2, -0.15) is 0 Å². The molecule has 0 saturated carbocycles. The number of rotatable bonds is 3. The fraction of sp³-hybridized carbons (Fsp3) is 0.0769. The average molecular weight is 247 g/mol. The van der Waals surface area contributed by atoms with E-state index in [0.29, 0.717) is 11.3 Å². The standard InChI is InChI=1S/C13H10FNO3/c1-18-12-10(13(16)17)5-6-11(15-12)8-3-2-4-9(14)7-8/h2-7H,1H3,(H,16,17). The van der Waals surface area contributed by atoms with Gasteiger partial charge in [0.15, 0.2) is 0 Å². The third-order valence-corrected chi connectivity index (χ3v) is 2.40. The van der Waals surface area contributed by atoms with Gasteiger partial charge in [-0.3, -0.25) is 0 Å². The molecule has 0 saturated heterocycles. The summed E-state index contributed by atoms with van der Waals surface area (Å²) in [5.74, 6) is -1.50. The van der Waals surface area contributed by atoms with Gasteiger partial charge in [0, 0.05) is 5.56 Å². The Morgan fingerprint density at radius 1 is 1.33 bits per heavy atom. The Hall–Kier alpha value is -2.43. The van der Waals surface area contributed by atoms with Crippen molar-refractivity contribution in [2.24, 2.45) is 0 Å². The Balaban J connectivity index is 2.51. The maximum atomic E-state index is 13.1. The van der Waals surface area contributed by atoms with Crippen LogP contribution in [-0.2, 0) is 0 Å². The van der Waals surface area contributed by atoms with Crippen LogP contribution in [-0.4, -0.2) is 23.2 Å². The fourth-order valence-corrected chi connectivity index (χ4v) is 1.57. The second kappa shape index (κ2) is 4.83. The zero-order valence-electron chi connectivity index (χ0n) is 9.55. The summed E-state index contributed by atoms with van der Waals surface area (Å²) in [6, 6.07) is 8.79. The molecule has 0 bridgehead atoms. The number of aromatic nitrogens is 1. The molecule has 1 aromatic heterocycles. The largest absolute Gasteiger partial charge is 0.480 e. The lowest BCUT2D eigenvalue weighted by Crippen LogP contribution is -2.03. The maximum absolute atomic E-state index is 13.1. The first kappa shape index (κ1) is 12.0. The predicted octanol–water partition coefficient (Wildman–Crippen LogP) is 2.59. The van der Waals surface area contributed by atoms with Gasteiger partial charge in [-0.05, 0) is 24.3 Å². The molecule has 1 N–H and O–H groups in total. The minimum Gasteiger partial charge on any atom is -0.480 e. The normalized spacial score (nSPS) is 10.1. The predicted molar refractivity (Wildman–Crippen MR) is 63.1 cm³/mol. The summed E-state index contributed by atoms with van der Waals surface area (Å²) in [7, 11) is 1.34. The maximum Gasteiger partial charge on any atom is 0.341 e. The van der Waals surface area contributed by atoms with Crippen molar-refractivity contribution >= 4 is 5.97 Å². The van der Waals surface area contributed by atoms with Crippen LogP contribution in [0.25, 0.3) is 11.3 Å². The van der Waals surface area contributed by atoms with E-state index in [9.17, 15) is 9.18 Å². The third-order valence-electron chi connectivity index (χ3n) is 2.40. The van der Waals surface area contributed by atoms with Gasteiger partial charge in [0.2, 0.25) is 5.88 Å². The van der Waals surface area contributed by atoms with Gasteiger partial charge in [-0.15, -0.1) is 0 Å². The molecule has 18 heavy (non-hydrogen) atoms. The van der Waals surface area contributed by atoms with Crippen LogP contribution in [0.5, 0.6) is 5.88 Å². The zero-order chi connectivity index (χ0) is 13.1. The Kier molecular flexibility index (Phi) is 3.23. The molecule has 5 heteroatoms. The number of aromatic carboxylic acids is 1. The molecule has 92 valence electrons. The SMILES string of the molecule is COc1nc(-c2cccc(F)c2)ccc1C(=O)O. The van der Waals surface area contributed by atoms with Crippen molar-refractivity contribution in [3.05, 3.63) is 47.8 Å². The van der Waals surface area contributed by atoms with E-state index >= 15 is 0 Å². The van der Waals surface area contributed by atoms with Crippen LogP contribution in [0.15, 0.2) is 36.4 Å². The van der Waals surface area contributed by atoms with Gasteiger partial charge in [0.1, 0.15) is 11.4 Å². The second-order valence-electron chi connectivity index (χ2n) is 3.57. The molecule has 1 aromatic carbocycles. The second-order valence-corrected chi connectivity index (χ2v) is 3.57. The molecule has 0 aliphatic rings. The molecular weight excluding hydrogens is 237 g/mol. The van der Waals surface area contributed by atoms with Crippen LogP contribution < -0.4 is 4.74 Å². The molecule has 0 fully saturated rings. The molecule has 0 spiro atoms. The number of nitrogens with zero attached hydrogens (tertiary/aromatic N) is 1. The molecule has 0 aliphatic heterocycles. The van der Waals surface area contributed by atoms with Gasteiger partial charge in [-0.1, -0.05) is 12.1 Å². The molecular formula is C13H10FNO3. The van der Waals surface area contributed by atoms with E-state index in [4.69, 9.17) is 9.84 Å². The monoisotopic (exact) mass is 247 g/mol. The summed E-state index contributed by atoms with van der Waals surface area (Å²) >= 11 is 0. The molecule has 4 nitrogen and oxygen atoms in total. The summed E-state index contributed by atoms with van der Waals surface area (Å²) in [5.41, 5.74) is 0.985. The van der Waals surface area contributed by atoms with Gasteiger partial charge in [-0.25, -0.2) is 14.2 Å². The molecule has 1 heterocycles. The van der Waals surface area contributed by atoms with Crippen molar-refractivity contribution in [1.29, 1.82) is 0 Å². The van der Waals surface area contributed by atoms with E-state index in [-0.39, 0.29) is 17.3 Å². The lowest BCUT2D eigenvalue weighted by molar-refractivity contribution is 0.0692. The van der Waals surface area contributed by atoms with Gasteiger partial charge in [0.25, 0.3) is 0 Å². The number of carboxylic acids is 1. The highest BCUT2D eigenvalue weighted by molar-refractivity contribution is 5.90. The summed E-state index contributed by atoms with van der Waals surface area (Å²) in [5, 5.41) is 8.92. The number of carbonyl (C=O) groups is 1. The summed E-state index contributed by atoms with van der Waals surface area (Å²) in [6.07, 6.45) is 0. The molecule has 2 rings (SSSR count). The van der Waals surface area contributed by atoms with Crippen molar-refractivity contribution in [1.82, 2.24) is 4.98 Å². The minimum atomic E-state index is -1.12. The summed E-state index contributed by atoms with van der Waals surface area (Å²) in [6.45, 7) is 0. The lowest BCUT2D eigenvalue weighted by atomic mass is 10.1. The lowest BCUT2D eigenvalue weighted by Gasteiger charge is -2.06. The zero-order valence-corrected chi connectivity index (χ0v) is 9.55. The smallest absolute Gasteiger partial charge is 0.341 e. The molecule has 0 radical (unpaired) electrons. The van der Waals surface area contributed by atoms with Crippen molar-refractivity contribution in [2.75, 3.05) is 7.11 Å². The minimum absolute atomic E-state index is 0.00395. The number of ether oxygens (including phenoxy) is 1. The van der Waals surface area contributed by atoms with Gasteiger partial charge < -0.3 is 9.84 Å². The van der Waals surface area contributed by atoms with Gasteiger partial charge in [0.05, 0.1) is 12.8 Å². The van der Waals surface area contributed by atoms with Crippen molar-refractivity contribution < 1.29 is 19.0 Å². The van der Waals surface area contributed by atoms with Crippen LogP contribution in [0.1, 0.15) is 10.4 Å². The number of hydrogen-bond acceptors (Lipinski definition) is 3. The van der Waals surface area contributed by atoms with E-state index in [1.807, 2.05) is 0 Å². The number of methoxy groups -OCH3 is 1. The van der Waals surface area contributed by atoms with E-state index < -0.39 is 5.97 Å². The number of halogens is 1. The first-order valence-corrected chi connectivity index (χ1v) is 5.16. The average Bonchev–Trinajstić information content (AvgIpc) is 2.37. The van der Waals surface area contributed by atoms with Crippen molar-refractivity contribution in [2.45, 2.75) is 0 Å². The Morgan fingerprint density at radius 3 is 2.72 bits per heavy atom. The Labute approximate surface area is 103 Å². The fourth-order valence-electron chi connectivity index (χ4n) is 1.57. The molecule has 0 aliphatic carbocycles. The van der Waals surface area contributed by atoms with Crippen molar-refractivity contribution in [3.63, 3.8) is 0 Å². The summed E-state index contributed by atoms with van der Waals surface area (Å²) in [4.78, 5) is 15.0. The van der Waals surface area contributed by atoms with E-state index in [1.54, 1.807) is 12.1 Å². The Morgan fingerprint density at radius 2 is 2.11 bits per heavy atom. The van der Waals surface area contributed by atoms with Gasteiger partial charge >= 0.3 is 5.97 Å². The quantitative estimate of drug-likeness (QED) is 0.905. The van der Waals surface area contributed by atoms with Crippen LogP contribution in [0, 0.1) is 5.82 Å². The van der Waals surface area contributed by atoms with E-state index in [2.05, 4.69) is 4.98 Å². The van der Waals surface area contributed by atoms with E-state index in [1.165, 1.54) is 31.4 Å². The number of hydrogen-bond donors (Lipinski definition) is 1. The number of pyridine rings is 1. The topological polar surface area (TPSA) is 59.4 Å². The molecule has 2 aromatic rings. The summed E-state index contributed by atoms with van der Waals surface area (Å²) < 4.78 is 18.0. The van der Waals surface area contributed by atoms with Crippen LogP contribution in [0.4, 0.5) is 4.39 Å². The van der Waals surface area contributed by atoms with Crippen molar-refractivity contribution in [3.8, 4) is 17.1 Å². The first-order valence-electron chi connectivity index (χ1n) is 5.16.